The molecule has 0 spiro atoms. The molecule has 1 aromatic carbocycles. The third kappa shape index (κ3) is 4.21. The van der Waals surface area contributed by atoms with Gasteiger partial charge in [-0.25, -0.2) is 9.97 Å². The van der Waals surface area contributed by atoms with Crippen molar-refractivity contribution >= 4 is 16.6 Å². The van der Waals surface area contributed by atoms with E-state index in [2.05, 4.69) is 47.9 Å². The van der Waals surface area contributed by atoms with Gasteiger partial charge in [0.2, 0.25) is 5.88 Å². The Labute approximate surface area is 177 Å². The molecular weight excluding hydrogens is 376 g/mol. The van der Waals surface area contributed by atoms with Gasteiger partial charge in [0.15, 0.2) is 0 Å². The van der Waals surface area contributed by atoms with Crippen molar-refractivity contribution in [1.29, 1.82) is 0 Å². The lowest BCUT2D eigenvalue weighted by Crippen LogP contribution is -2.46. The Morgan fingerprint density at radius 1 is 1.03 bits per heavy atom. The van der Waals surface area contributed by atoms with Gasteiger partial charge in [0, 0.05) is 50.8 Å². The summed E-state index contributed by atoms with van der Waals surface area (Å²) in [6.45, 7) is 6.82. The molecule has 5 rings (SSSR count). The Morgan fingerprint density at radius 3 is 2.67 bits per heavy atom. The summed E-state index contributed by atoms with van der Waals surface area (Å²) < 4.78 is 6.23. The summed E-state index contributed by atoms with van der Waals surface area (Å²) in [5, 5.41) is 1.01. The Morgan fingerprint density at radius 2 is 1.87 bits per heavy atom. The van der Waals surface area contributed by atoms with Crippen LogP contribution in [0.25, 0.3) is 10.9 Å². The molecule has 3 aromatic rings. The number of hydrogen-bond acceptors (Lipinski definition) is 7. The smallest absolute Gasteiger partial charge is 0.224 e. The second kappa shape index (κ2) is 8.52. The molecule has 156 valence electrons. The van der Waals surface area contributed by atoms with Gasteiger partial charge in [-0.2, -0.15) is 0 Å². The van der Waals surface area contributed by atoms with Crippen molar-refractivity contribution in [1.82, 2.24) is 24.8 Å². The molecule has 2 aromatic heterocycles. The van der Waals surface area contributed by atoms with Crippen molar-refractivity contribution < 1.29 is 4.74 Å². The molecule has 0 amide bonds. The Bertz CT molecular complexity index is 1010. The second-order valence-corrected chi connectivity index (χ2v) is 8.32. The molecule has 7 heteroatoms. The summed E-state index contributed by atoms with van der Waals surface area (Å²) in [4.78, 5) is 22.6. The summed E-state index contributed by atoms with van der Waals surface area (Å²) in [6.07, 6.45) is 10.3. The Kier molecular flexibility index (Phi) is 5.45. The van der Waals surface area contributed by atoms with Crippen LogP contribution in [0, 0.1) is 6.92 Å². The van der Waals surface area contributed by atoms with Gasteiger partial charge in [0.1, 0.15) is 12.4 Å². The fourth-order valence-electron chi connectivity index (χ4n) is 4.46. The van der Waals surface area contributed by atoms with Crippen LogP contribution in [-0.4, -0.2) is 57.1 Å². The van der Waals surface area contributed by atoms with E-state index in [-0.39, 0.29) is 0 Å². The number of nitrogens with zero attached hydrogens (tertiary/aromatic N) is 6. The summed E-state index contributed by atoms with van der Waals surface area (Å²) in [5.41, 5.74) is 4.17. The van der Waals surface area contributed by atoms with Crippen molar-refractivity contribution in [3.05, 3.63) is 48.3 Å². The maximum atomic E-state index is 6.23. The van der Waals surface area contributed by atoms with E-state index in [0.29, 0.717) is 6.10 Å². The van der Waals surface area contributed by atoms with Crippen molar-refractivity contribution in [2.75, 3.05) is 31.1 Å². The molecule has 2 fully saturated rings. The fourth-order valence-corrected chi connectivity index (χ4v) is 4.46. The minimum absolute atomic E-state index is 0.292. The summed E-state index contributed by atoms with van der Waals surface area (Å²) >= 11 is 0. The molecule has 1 aliphatic heterocycles. The predicted octanol–water partition coefficient (Wildman–Crippen LogP) is 3.37. The number of aryl methyl sites for hydroxylation is 1. The summed E-state index contributed by atoms with van der Waals surface area (Å²) in [6, 6.07) is 6.44. The third-order valence-corrected chi connectivity index (χ3v) is 6.09. The minimum atomic E-state index is 0.292. The lowest BCUT2D eigenvalue weighted by molar-refractivity contribution is 0.204. The highest BCUT2D eigenvalue weighted by Crippen LogP contribution is 2.30. The summed E-state index contributed by atoms with van der Waals surface area (Å²) in [7, 11) is 0. The van der Waals surface area contributed by atoms with E-state index in [4.69, 9.17) is 4.74 Å². The Balaban J connectivity index is 1.28. The molecule has 0 unspecified atom stereocenters. The van der Waals surface area contributed by atoms with E-state index in [0.717, 1.165) is 73.7 Å². The number of fused-ring (bicyclic) bond motifs is 1. The molecule has 2 aliphatic rings. The molecule has 0 bridgehead atoms. The number of ether oxygens (including phenoxy) is 1. The monoisotopic (exact) mass is 404 g/mol. The highest BCUT2D eigenvalue weighted by molar-refractivity contribution is 5.86. The SMILES string of the molecule is Cc1cncc(CN2CCN(c3ccc4ncnc(OC5CCCC5)c4c3)CC2)n1. The highest BCUT2D eigenvalue weighted by atomic mass is 16.5. The first-order valence-electron chi connectivity index (χ1n) is 10.9. The molecule has 0 N–H and O–H groups in total. The summed E-state index contributed by atoms with van der Waals surface area (Å²) in [5.74, 6) is 0.727. The lowest BCUT2D eigenvalue weighted by atomic mass is 10.1. The van der Waals surface area contributed by atoms with Crippen LogP contribution >= 0.6 is 0 Å². The maximum Gasteiger partial charge on any atom is 0.224 e. The fraction of sp³-hybridized carbons (Fsp3) is 0.478. The molecule has 0 atom stereocenters. The van der Waals surface area contributed by atoms with E-state index >= 15 is 0 Å². The average molecular weight is 405 g/mol. The Hall–Kier alpha value is -2.80. The first-order chi connectivity index (χ1) is 14.7. The van der Waals surface area contributed by atoms with Crippen molar-refractivity contribution in [2.24, 2.45) is 0 Å². The van der Waals surface area contributed by atoms with Crippen LogP contribution in [0.5, 0.6) is 5.88 Å². The lowest BCUT2D eigenvalue weighted by Gasteiger charge is -2.36. The minimum Gasteiger partial charge on any atom is -0.474 e. The standard InChI is InChI=1S/C23H28N6O/c1-17-13-24-14-18(27-17)15-28-8-10-29(11-9-28)19-6-7-22-21(12-19)23(26-16-25-22)30-20-4-2-3-5-20/h6-7,12-14,16,20H,2-5,8-11,15H2,1H3. The first-order valence-corrected chi connectivity index (χ1v) is 10.9. The molecule has 7 nitrogen and oxygen atoms in total. The van der Waals surface area contributed by atoms with E-state index < -0.39 is 0 Å². The van der Waals surface area contributed by atoms with Gasteiger partial charge in [-0.05, 0) is 50.8 Å². The van der Waals surface area contributed by atoms with Crippen molar-refractivity contribution in [3.63, 3.8) is 0 Å². The van der Waals surface area contributed by atoms with E-state index in [1.807, 2.05) is 13.1 Å². The van der Waals surface area contributed by atoms with Gasteiger partial charge >= 0.3 is 0 Å². The zero-order valence-electron chi connectivity index (χ0n) is 17.5. The number of anilines is 1. The predicted molar refractivity (Wildman–Crippen MR) is 117 cm³/mol. The largest absolute Gasteiger partial charge is 0.474 e. The maximum absolute atomic E-state index is 6.23. The molecule has 1 saturated heterocycles. The first kappa shape index (κ1) is 19.2. The molecule has 30 heavy (non-hydrogen) atoms. The van der Waals surface area contributed by atoms with Crippen LogP contribution in [0.2, 0.25) is 0 Å². The molecular formula is C23H28N6O. The van der Waals surface area contributed by atoms with E-state index in [9.17, 15) is 0 Å². The van der Waals surface area contributed by atoms with Gasteiger partial charge in [-0.15, -0.1) is 0 Å². The van der Waals surface area contributed by atoms with E-state index in [1.54, 1.807) is 12.5 Å². The van der Waals surface area contributed by atoms with Crippen LogP contribution in [-0.2, 0) is 6.54 Å². The van der Waals surface area contributed by atoms with Crippen LogP contribution in [0.3, 0.4) is 0 Å². The molecule has 0 radical (unpaired) electrons. The number of aromatic nitrogens is 4. The average Bonchev–Trinajstić information content (AvgIpc) is 3.28. The molecule has 1 saturated carbocycles. The van der Waals surface area contributed by atoms with E-state index in [1.165, 1.54) is 18.5 Å². The normalized spacial score (nSPS) is 18.2. The van der Waals surface area contributed by atoms with Gasteiger partial charge < -0.3 is 9.64 Å². The second-order valence-electron chi connectivity index (χ2n) is 8.32. The topological polar surface area (TPSA) is 67.3 Å². The molecule has 3 heterocycles. The number of piperazine rings is 1. The number of benzene rings is 1. The van der Waals surface area contributed by atoms with Crippen molar-refractivity contribution in [3.8, 4) is 5.88 Å². The zero-order valence-corrected chi connectivity index (χ0v) is 17.5. The van der Waals surface area contributed by atoms with Gasteiger partial charge in [-0.3, -0.25) is 14.9 Å². The number of rotatable bonds is 5. The number of hydrogen-bond donors (Lipinski definition) is 0. The van der Waals surface area contributed by atoms with Crippen LogP contribution < -0.4 is 9.64 Å². The molecule has 1 aliphatic carbocycles. The zero-order chi connectivity index (χ0) is 20.3. The van der Waals surface area contributed by atoms with Gasteiger partial charge in [-0.1, -0.05) is 0 Å². The van der Waals surface area contributed by atoms with Crippen LogP contribution in [0.15, 0.2) is 36.9 Å². The highest BCUT2D eigenvalue weighted by Gasteiger charge is 2.21. The van der Waals surface area contributed by atoms with Crippen LogP contribution in [0.1, 0.15) is 37.1 Å². The quantitative estimate of drug-likeness (QED) is 0.646. The third-order valence-electron chi connectivity index (χ3n) is 6.09. The van der Waals surface area contributed by atoms with Gasteiger partial charge in [0.05, 0.1) is 22.3 Å². The van der Waals surface area contributed by atoms with Gasteiger partial charge in [0.25, 0.3) is 0 Å². The van der Waals surface area contributed by atoms with Crippen LogP contribution in [0.4, 0.5) is 5.69 Å². The van der Waals surface area contributed by atoms with Crippen molar-refractivity contribution in [2.45, 2.75) is 45.3 Å².